The van der Waals surface area contributed by atoms with Gasteiger partial charge in [0, 0.05) is 34.9 Å². The quantitative estimate of drug-likeness (QED) is 0.730. The van der Waals surface area contributed by atoms with Crippen LogP contribution in [-0.2, 0) is 0 Å². The summed E-state index contributed by atoms with van der Waals surface area (Å²) in [7, 11) is 0. The van der Waals surface area contributed by atoms with Crippen molar-refractivity contribution in [1.29, 1.82) is 0 Å². The molecule has 0 fully saturated rings. The largest absolute Gasteiger partial charge is 0.337 e. The van der Waals surface area contributed by atoms with Crippen molar-refractivity contribution in [2.75, 3.05) is 18.4 Å². The summed E-state index contributed by atoms with van der Waals surface area (Å²) in [5.74, 6) is 0. The molecule has 0 spiro atoms. The van der Waals surface area contributed by atoms with Crippen molar-refractivity contribution < 1.29 is 4.79 Å². The number of hydrogen-bond acceptors (Lipinski definition) is 2. The van der Waals surface area contributed by atoms with E-state index in [1.807, 2.05) is 13.8 Å². The molecule has 0 aromatic heterocycles. The van der Waals surface area contributed by atoms with Crippen molar-refractivity contribution in [2.45, 2.75) is 19.9 Å². The van der Waals surface area contributed by atoms with Crippen LogP contribution in [0.4, 0.5) is 10.5 Å². The molecule has 0 aliphatic heterocycles. The average Bonchev–Trinajstić information content (AvgIpc) is 2.22. The predicted octanol–water partition coefficient (Wildman–Crippen LogP) is 3.11. The molecule has 1 aromatic carbocycles. The SMILES string of the molecule is CC(C)NCCNC(=O)Nc1cc(Cl)cc(Cl)c1. The number of hydrogen-bond donors (Lipinski definition) is 3. The molecule has 0 aliphatic carbocycles. The normalized spacial score (nSPS) is 10.5. The molecule has 3 N–H and O–H groups in total. The lowest BCUT2D eigenvalue weighted by Gasteiger charge is -2.10. The summed E-state index contributed by atoms with van der Waals surface area (Å²) >= 11 is 11.7. The van der Waals surface area contributed by atoms with Crippen LogP contribution in [0, 0.1) is 0 Å². The maximum Gasteiger partial charge on any atom is 0.319 e. The predicted molar refractivity (Wildman–Crippen MR) is 76.6 cm³/mol. The number of amides is 2. The van der Waals surface area contributed by atoms with E-state index < -0.39 is 0 Å². The minimum absolute atomic E-state index is 0.279. The molecule has 0 heterocycles. The molecule has 0 bridgehead atoms. The molecule has 1 aromatic rings. The van der Waals surface area contributed by atoms with E-state index in [9.17, 15) is 4.79 Å². The van der Waals surface area contributed by atoms with Gasteiger partial charge in [0.1, 0.15) is 0 Å². The first-order chi connectivity index (χ1) is 8.47. The number of carbonyl (C=O) groups excluding carboxylic acids is 1. The van der Waals surface area contributed by atoms with E-state index >= 15 is 0 Å². The smallest absolute Gasteiger partial charge is 0.319 e. The number of nitrogens with one attached hydrogen (secondary N) is 3. The Hall–Kier alpha value is -0.970. The summed E-state index contributed by atoms with van der Waals surface area (Å²) < 4.78 is 0. The molecular formula is C12H17Cl2N3O. The molecule has 4 nitrogen and oxygen atoms in total. The van der Waals surface area contributed by atoms with Gasteiger partial charge in [-0.05, 0) is 18.2 Å². The van der Waals surface area contributed by atoms with Crippen LogP contribution < -0.4 is 16.0 Å². The molecule has 100 valence electrons. The van der Waals surface area contributed by atoms with Crippen LogP contribution in [0.25, 0.3) is 0 Å². The van der Waals surface area contributed by atoms with Crippen LogP contribution in [-0.4, -0.2) is 25.2 Å². The van der Waals surface area contributed by atoms with Crippen molar-refractivity contribution in [3.63, 3.8) is 0 Å². The highest BCUT2D eigenvalue weighted by Gasteiger charge is 2.03. The minimum atomic E-state index is -0.279. The number of urea groups is 1. The van der Waals surface area contributed by atoms with Crippen molar-refractivity contribution in [2.24, 2.45) is 0 Å². The second-order valence-corrected chi connectivity index (χ2v) is 5.02. The van der Waals surface area contributed by atoms with Gasteiger partial charge in [-0.1, -0.05) is 37.0 Å². The lowest BCUT2D eigenvalue weighted by Crippen LogP contribution is -2.36. The molecule has 0 aliphatic rings. The summed E-state index contributed by atoms with van der Waals surface area (Å²) in [5.41, 5.74) is 0.571. The van der Waals surface area contributed by atoms with Crippen molar-refractivity contribution in [3.8, 4) is 0 Å². The third-order valence-corrected chi connectivity index (χ3v) is 2.52. The number of rotatable bonds is 5. The summed E-state index contributed by atoms with van der Waals surface area (Å²) in [4.78, 5) is 11.5. The molecule has 0 atom stereocenters. The summed E-state index contributed by atoms with van der Waals surface area (Å²) in [5, 5.41) is 9.56. The maximum atomic E-state index is 11.5. The fourth-order valence-electron chi connectivity index (χ4n) is 1.34. The number of anilines is 1. The first-order valence-electron chi connectivity index (χ1n) is 5.71. The molecule has 6 heteroatoms. The van der Waals surface area contributed by atoms with Gasteiger partial charge in [-0.25, -0.2) is 4.79 Å². The van der Waals surface area contributed by atoms with E-state index in [0.29, 0.717) is 28.3 Å². The highest BCUT2D eigenvalue weighted by Crippen LogP contribution is 2.22. The van der Waals surface area contributed by atoms with Gasteiger partial charge in [-0.2, -0.15) is 0 Å². The van der Waals surface area contributed by atoms with E-state index in [1.165, 1.54) is 0 Å². The van der Waals surface area contributed by atoms with Crippen molar-refractivity contribution in [1.82, 2.24) is 10.6 Å². The van der Waals surface area contributed by atoms with E-state index in [4.69, 9.17) is 23.2 Å². The van der Waals surface area contributed by atoms with Crippen molar-refractivity contribution >= 4 is 34.9 Å². The number of halogens is 2. The number of benzene rings is 1. The Morgan fingerprint density at radius 2 is 1.78 bits per heavy atom. The van der Waals surface area contributed by atoms with Crippen LogP contribution in [0.15, 0.2) is 18.2 Å². The average molecular weight is 290 g/mol. The third-order valence-electron chi connectivity index (χ3n) is 2.08. The summed E-state index contributed by atoms with van der Waals surface area (Å²) in [6.45, 7) is 5.38. The fourth-order valence-corrected chi connectivity index (χ4v) is 1.86. The van der Waals surface area contributed by atoms with Crippen LogP contribution >= 0.6 is 23.2 Å². The molecule has 0 saturated carbocycles. The van der Waals surface area contributed by atoms with Crippen molar-refractivity contribution in [3.05, 3.63) is 28.2 Å². The van der Waals surface area contributed by atoms with Crippen LogP contribution in [0.2, 0.25) is 10.0 Å². The van der Waals surface area contributed by atoms with Crippen LogP contribution in [0.3, 0.4) is 0 Å². The zero-order chi connectivity index (χ0) is 13.5. The minimum Gasteiger partial charge on any atom is -0.337 e. The Kier molecular flexibility index (Phi) is 6.25. The van der Waals surface area contributed by atoms with Gasteiger partial charge in [0.15, 0.2) is 0 Å². The second-order valence-electron chi connectivity index (χ2n) is 4.15. The standard InChI is InChI=1S/C12H17Cl2N3O/c1-8(2)15-3-4-16-12(18)17-11-6-9(13)5-10(14)7-11/h5-8,15H,3-4H2,1-2H3,(H2,16,17,18). The van der Waals surface area contributed by atoms with Gasteiger partial charge in [0.05, 0.1) is 0 Å². The van der Waals surface area contributed by atoms with E-state index in [0.717, 1.165) is 6.54 Å². The highest BCUT2D eigenvalue weighted by atomic mass is 35.5. The third kappa shape index (κ3) is 6.10. The molecule has 2 amide bonds. The summed E-state index contributed by atoms with van der Waals surface area (Å²) in [6.07, 6.45) is 0. The van der Waals surface area contributed by atoms with E-state index in [2.05, 4.69) is 16.0 Å². The Balaban J connectivity index is 2.35. The van der Waals surface area contributed by atoms with Gasteiger partial charge < -0.3 is 16.0 Å². The zero-order valence-corrected chi connectivity index (χ0v) is 11.9. The van der Waals surface area contributed by atoms with Gasteiger partial charge in [-0.15, -0.1) is 0 Å². The monoisotopic (exact) mass is 289 g/mol. The molecule has 18 heavy (non-hydrogen) atoms. The molecule has 0 radical (unpaired) electrons. The lowest BCUT2D eigenvalue weighted by molar-refractivity contribution is 0.252. The highest BCUT2D eigenvalue weighted by molar-refractivity contribution is 6.35. The molecule has 0 unspecified atom stereocenters. The van der Waals surface area contributed by atoms with Gasteiger partial charge in [0.2, 0.25) is 0 Å². The van der Waals surface area contributed by atoms with Crippen LogP contribution in [0.5, 0.6) is 0 Å². The fraction of sp³-hybridized carbons (Fsp3) is 0.417. The number of carbonyl (C=O) groups is 1. The summed E-state index contributed by atoms with van der Waals surface area (Å²) in [6, 6.07) is 5.01. The first kappa shape index (κ1) is 15.1. The van der Waals surface area contributed by atoms with Crippen LogP contribution in [0.1, 0.15) is 13.8 Å². The Bertz CT molecular complexity index is 390. The second kappa shape index (κ2) is 7.46. The topological polar surface area (TPSA) is 53.2 Å². The first-order valence-corrected chi connectivity index (χ1v) is 6.47. The van der Waals surface area contributed by atoms with Gasteiger partial charge >= 0.3 is 6.03 Å². The molecular weight excluding hydrogens is 273 g/mol. The Morgan fingerprint density at radius 1 is 1.17 bits per heavy atom. The zero-order valence-electron chi connectivity index (χ0n) is 10.4. The molecule has 0 saturated heterocycles. The maximum absolute atomic E-state index is 11.5. The lowest BCUT2D eigenvalue weighted by atomic mass is 10.3. The van der Waals surface area contributed by atoms with E-state index in [-0.39, 0.29) is 6.03 Å². The Morgan fingerprint density at radius 3 is 2.33 bits per heavy atom. The van der Waals surface area contributed by atoms with Gasteiger partial charge in [0.25, 0.3) is 0 Å². The molecule has 1 rings (SSSR count). The van der Waals surface area contributed by atoms with Gasteiger partial charge in [-0.3, -0.25) is 0 Å². The Labute approximate surface area is 117 Å². The van der Waals surface area contributed by atoms with E-state index in [1.54, 1.807) is 18.2 Å².